The highest BCUT2D eigenvalue weighted by Crippen LogP contribution is 2.34. The number of aliphatic hydroxyl groups excluding tert-OH is 1. The van der Waals surface area contributed by atoms with Crippen LogP contribution in [0.4, 0.5) is 0 Å². The van der Waals surface area contributed by atoms with Crippen LogP contribution < -0.4 is 0 Å². The van der Waals surface area contributed by atoms with Gasteiger partial charge < -0.3 is 5.11 Å². The minimum atomic E-state index is -0.237. The van der Waals surface area contributed by atoms with Gasteiger partial charge in [-0.05, 0) is 57.1 Å². The highest BCUT2D eigenvalue weighted by molar-refractivity contribution is 6.13. The molecule has 148 valence electrons. The standard InChI is InChI=1S/C28H30O/c1-2-3-4-5-11-24(29)19-21-15-17-22(18-16-21)28-20-23-10-6-7-12-25(23)26-13-8-9-14-27(26)28/h6-10,12-18,20,24,29H,2-5,11,19H2,1H3. The van der Waals surface area contributed by atoms with E-state index in [2.05, 4.69) is 85.8 Å². The molecular formula is C28H30O. The van der Waals surface area contributed by atoms with E-state index in [0.717, 1.165) is 19.3 Å². The van der Waals surface area contributed by atoms with Gasteiger partial charge in [0.25, 0.3) is 0 Å². The maximum Gasteiger partial charge on any atom is 0.0580 e. The van der Waals surface area contributed by atoms with Gasteiger partial charge in [0.05, 0.1) is 6.10 Å². The molecule has 0 aliphatic rings. The van der Waals surface area contributed by atoms with Crippen LogP contribution in [0.5, 0.6) is 0 Å². The van der Waals surface area contributed by atoms with Crippen LogP contribution in [0.15, 0.2) is 78.9 Å². The predicted molar refractivity (Wildman–Crippen MR) is 125 cm³/mol. The molecule has 0 aromatic heterocycles. The predicted octanol–water partition coefficient (Wildman–Crippen LogP) is 7.53. The summed E-state index contributed by atoms with van der Waals surface area (Å²) in [4.78, 5) is 0. The maximum absolute atomic E-state index is 10.3. The van der Waals surface area contributed by atoms with Gasteiger partial charge in [0.15, 0.2) is 0 Å². The normalized spacial score (nSPS) is 12.5. The van der Waals surface area contributed by atoms with Gasteiger partial charge in [-0.15, -0.1) is 0 Å². The Morgan fingerprint density at radius 1 is 0.724 bits per heavy atom. The molecule has 1 unspecified atom stereocenters. The molecule has 0 aliphatic heterocycles. The Bertz CT molecular complexity index is 1080. The average Bonchev–Trinajstić information content (AvgIpc) is 2.77. The molecule has 0 amide bonds. The van der Waals surface area contributed by atoms with Crippen molar-refractivity contribution in [1.29, 1.82) is 0 Å². The third kappa shape index (κ3) is 4.52. The van der Waals surface area contributed by atoms with Crippen LogP contribution in [-0.2, 0) is 6.42 Å². The Kier molecular flexibility index (Phi) is 6.27. The zero-order chi connectivity index (χ0) is 20.1. The molecule has 4 aromatic carbocycles. The van der Waals surface area contributed by atoms with E-state index in [1.807, 2.05) is 0 Å². The van der Waals surface area contributed by atoms with Gasteiger partial charge in [0, 0.05) is 0 Å². The van der Waals surface area contributed by atoms with Crippen LogP contribution in [0.1, 0.15) is 44.6 Å². The van der Waals surface area contributed by atoms with E-state index < -0.39 is 0 Å². The number of aliphatic hydroxyl groups is 1. The smallest absolute Gasteiger partial charge is 0.0580 e. The molecule has 1 heteroatoms. The molecule has 0 bridgehead atoms. The second-order valence-corrected chi connectivity index (χ2v) is 8.10. The van der Waals surface area contributed by atoms with E-state index in [9.17, 15) is 5.11 Å². The number of hydrogen-bond acceptors (Lipinski definition) is 1. The Morgan fingerprint density at radius 3 is 2.17 bits per heavy atom. The lowest BCUT2D eigenvalue weighted by molar-refractivity contribution is 0.161. The van der Waals surface area contributed by atoms with Crippen molar-refractivity contribution in [3.05, 3.63) is 84.4 Å². The molecule has 4 rings (SSSR count). The van der Waals surface area contributed by atoms with Crippen molar-refractivity contribution in [1.82, 2.24) is 0 Å². The lowest BCUT2D eigenvalue weighted by Crippen LogP contribution is -2.10. The lowest BCUT2D eigenvalue weighted by atomic mass is 9.92. The van der Waals surface area contributed by atoms with Gasteiger partial charge in [-0.25, -0.2) is 0 Å². The summed E-state index contributed by atoms with van der Waals surface area (Å²) in [7, 11) is 0. The molecule has 4 aromatic rings. The summed E-state index contributed by atoms with van der Waals surface area (Å²) in [6, 6.07) is 28.3. The Hall–Kier alpha value is -2.64. The molecule has 1 nitrogen and oxygen atoms in total. The van der Waals surface area contributed by atoms with E-state index in [4.69, 9.17) is 0 Å². The van der Waals surface area contributed by atoms with Gasteiger partial charge in [-0.2, -0.15) is 0 Å². The van der Waals surface area contributed by atoms with Crippen LogP contribution in [0, 0.1) is 0 Å². The third-order valence-corrected chi connectivity index (χ3v) is 5.90. The van der Waals surface area contributed by atoms with Crippen LogP contribution >= 0.6 is 0 Å². The monoisotopic (exact) mass is 382 g/mol. The second kappa shape index (κ2) is 9.24. The zero-order valence-corrected chi connectivity index (χ0v) is 17.3. The molecule has 0 fully saturated rings. The number of benzene rings is 4. The molecule has 0 spiro atoms. The Labute approximate surface area is 174 Å². The SMILES string of the molecule is CCCCCCC(O)Cc1ccc(-c2cc3ccccc3c3ccccc23)cc1. The Balaban J connectivity index is 1.58. The highest BCUT2D eigenvalue weighted by atomic mass is 16.3. The molecule has 0 saturated carbocycles. The first-order valence-electron chi connectivity index (χ1n) is 10.9. The highest BCUT2D eigenvalue weighted by Gasteiger charge is 2.09. The molecule has 0 radical (unpaired) electrons. The van der Waals surface area contributed by atoms with Crippen molar-refractivity contribution < 1.29 is 5.11 Å². The molecule has 0 heterocycles. The zero-order valence-electron chi connectivity index (χ0n) is 17.3. The first-order valence-corrected chi connectivity index (χ1v) is 10.9. The summed E-state index contributed by atoms with van der Waals surface area (Å²) in [5.74, 6) is 0. The topological polar surface area (TPSA) is 20.2 Å². The summed E-state index contributed by atoms with van der Waals surface area (Å²) in [5.41, 5.74) is 3.71. The summed E-state index contributed by atoms with van der Waals surface area (Å²) in [6.07, 6.45) is 6.25. The molecule has 0 saturated heterocycles. The van der Waals surface area contributed by atoms with E-state index >= 15 is 0 Å². The van der Waals surface area contributed by atoms with Crippen LogP contribution in [0.25, 0.3) is 32.7 Å². The van der Waals surface area contributed by atoms with Gasteiger partial charge in [-0.1, -0.05) is 105 Å². The van der Waals surface area contributed by atoms with Gasteiger partial charge in [-0.3, -0.25) is 0 Å². The third-order valence-electron chi connectivity index (χ3n) is 5.90. The molecule has 1 atom stereocenters. The second-order valence-electron chi connectivity index (χ2n) is 8.10. The largest absolute Gasteiger partial charge is 0.393 e. The number of fused-ring (bicyclic) bond motifs is 3. The van der Waals surface area contributed by atoms with Crippen LogP contribution in [0.3, 0.4) is 0 Å². The number of rotatable bonds is 8. The van der Waals surface area contributed by atoms with Gasteiger partial charge in [0.1, 0.15) is 0 Å². The number of unbranched alkanes of at least 4 members (excludes halogenated alkanes) is 3. The molecule has 1 N–H and O–H groups in total. The van der Waals surface area contributed by atoms with Crippen molar-refractivity contribution in [2.45, 2.75) is 51.6 Å². The Morgan fingerprint density at radius 2 is 1.41 bits per heavy atom. The summed E-state index contributed by atoms with van der Waals surface area (Å²) in [6.45, 7) is 2.22. The minimum absolute atomic E-state index is 0.237. The van der Waals surface area contributed by atoms with Crippen LogP contribution in [-0.4, -0.2) is 11.2 Å². The average molecular weight is 383 g/mol. The maximum atomic E-state index is 10.3. The first kappa shape index (κ1) is 19.7. The van der Waals surface area contributed by atoms with Crippen molar-refractivity contribution in [3.63, 3.8) is 0 Å². The molecular weight excluding hydrogens is 352 g/mol. The summed E-state index contributed by atoms with van der Waals surface area (Å²) < 4.78 is 0. The quantitative estimate of drug-likeness (QED) is 0.246. The van der Waals surface area contributed by atoms with Gasteiger partial charge >= 0.3 is 0 Å². The van der Waals surface area contributed by atoms with Gasteiger partial charge in [0.2, 0.25) is 0 Å². The molecule has 29 heavy (non-hydrogen) atoms. The van der Waals surface area contributed by atoms with E-state index in [1.54, 1.807) is 0 Å². The van der Waals surface area contributed by atoms with Crippen molar-refractivity contribution in [3.8, 4) is 11.1 Å². The summed E-state index contributed by atoms with van der Waals surface area (Å²) in [5, 5.41) is 15.5. The van der Waals surface area contributed by atoms with Crippen LogP contribution in [0.2, 0.25) is 0 Å². The fourth-order valence-electron chi connectivity index (χ4n) is 4.29. The number of hydrogen-bond donors (Lipinski definition) is 1. The fourth-order valence-corrected chi connectivity index (χ4v) is 4.29. The van der Waals surface area contributed by atoms with Crippen molar-refractivity contribution in [2.75, 3.05) is 0 Å². The minimum Gasteiger partial charge on any atom is -0.393 e. The van der Waals surface area contributed by atoms with E-state index in [-0.39, 0.29) is 6.10 Å². The van der Waals surface area contributed by atoms with E-state index in [1.165, 1.54) is 57.5 Å². The van der Waals surface area contributed by atoms with Crippen molar-refractivity contribution >= 4 is 21.5 Å². The fraction of sp³-hybridized carbons (Fsp3) is 0.286. The lowest BCUT2D eigenvalue weighted by Gasteiger charge is -2.13. The molecule has 0 aliphatic carbocycles. The van der Waals surface area contributed by atoms with Crippen molar-refractivity contribution in [2.24, 2.45) is 0 Å². The van der Waals surface area contributed by atoms with E-state index in [0.29, 0.717) is 0 Å². The summed E-state index contributed by atoms with van der Waals surface area (Å²) >= 11 is 0. The first-order chi connectivity index (χ1) is 14.3.